The fourth-order valence-electron chi connectivity index (χ4n) is 1.89. The Morgan fingerprint density at radius 1 is 1.56 bits per heavy atom. The van der Waals surface area contributed by atoms with Crippen molar-refractivity contribution in [1.29, 1.82) is 0 Å². The molecule has 1 aliphatic carbocycles. The van der Waals surface area contributed by atoms with Gasteiger partial charge in [0, 0.05) is 23.2 Å². The highest BCUT2D eigenvalue weighted by Crippen LogP contribution is 2.31. The predicted molar refractivity (Wildman–Crippen MR) is 71.8 cm³/mol. The van der Waals surface area contributed by atoms with Gasteiger partial charge in [0.05, 0.1) is 0 Å². The number of amides is 1. The van der Waals surface area contributed by atoms with E-state index in [1.165, 1.54) is 28.7 Å². The number of aromatic nitrogens is 1. The molecular weight excluding hydrogens is 250 g/mol. The highest BCUT2D eigenvalue weighted by Gasteiger charge is 2.28. The molecule has 0 saturated heterocycles. The fraction of sp³-hybridized carbons (Fsp3) is 0.667. The van der Waals surface area contributed by atoms with Crippen LogP contribution in [0.25, 0.3) is 0 Å². The molecule has 5 nitrogen and oxygen atoms in total. The van der Waals surface area contributed by atoms with Crippen molar-refractivity contribution in [3.63, 3.8) is 0 Å². The molecule has 1 aromatic rings. The molecule has 0 aromatic carbocycles. The SMILES string of the molecule is Cc1sc(=O)n(CC(=O)NCC(N)C2CC2)c1C. The predicted octanol–water partition coefficient (Wildman–Crippen LogP) is 0.380. The van der Waals surface area contributed by atoms with Crippen molar-refractivity contribution in [2.45, 2.75) is 39.3 Å². The van der Waals surface area contributed by atoms with Crippen molar-refractivity contribution in [3.8, 4) is 0 Å². The number of rotatable bonds is 5. The van der Waals surface area contributed by atoms with Crippen LogP contribution in [0.15, 0.2) is 4.79 Å². The molecular formula is C12H19N3O2S. The summed E-state index contributed by atoms with van der Waals surface area (Å²) in [5, 5.41) is 2.80. The van der Waals surface area contributed by atoms with Gasteiger partial charge >= 0.3 is 4.87 Å². The molecule has 1 heterocycles. The topological polar surface area (TPSA) is 77.1 Å². The van der Waals surface area contributed by atoms with E-state index < -0.39 is 0 Å². The van der Waals surface area contributed by atoms with Gasteiger partial charge in [-0.3, -0.25) is 14.2 Å². The Bertz CT molecular complexity index is 502. The minimum Gasteiger partial charge on any atom is -0.353 e. The number of carbonyl (C=O) groups excluding carboxylic acids is 1. The van der Waals surface area contributed by atoms with Crippen molar-refractivity contribution in [1.82, 2.24) is 9.88 Å². The lowest BCUT2D eigenvalue weighted by Gasteiger charge is -2.12. The van der Waals surface area contributed by atoms with Gasteiger partial charge in [-0.25, -0.2) is 0 Å². The zero-order chi connectivity index (χ0) is 13.3. The van der Waals surface area contributed by atoms with Crippen LogP contribution in [0.4, 0.5) is 0 Å². The third kappa shape index (κ3) is 3.00. The zero-order valence-electron chi connectivity index (χ0n) is 10.7. The van der Waals surface area contributed by atoms with Crippen LogP contribution >= 0.6 is 11.3 Å². The molecule has 2 rings (SSSR count). The van der Waals surface area contributed by atoms with E-state index in [0.29, 0.717) is 12.5 Å². The second-order valence-corrected chi connectivity index (χ2v) is 6.07. The Labute approximate surface area is 110 Å². The van der Waals surface area contributed by atoms with Gasteiger partial charge < -0.3 is 11.1 Å². The molecule has 100 valence electrons. The number of nitrogens with two attached hydrogens (primary N) is 1. The van der Waals surface area contributed by atoms with Crippen LogP contribution in [0.2, 0.25) is 0 Å². The third-order valence-corrected chi connectivity index (χ3v) is 4.44. The minimum atomic E-state index is -0.144. The van der Waals surface area contributed by atoms with Gasteiger partial charge in [0.1, 0.15) is 6.54 Å². The second-order valence-electron chi connectivity index (χ2n) is 4.90. The maximum absolute atomic E-state index is 11.8. The second kappa shape index (κ2) is 5.24. The van der Waals surface area contributed by atoms with E-state index in [2.05, 4.69) is 5.32 Å². The number of thiazole rings is 1. The number of hydrogen-bond donors (Lipinski definition) is 2. The zero-order valence-corrected chi connectivity index (χ0v) is 11.5. The lowest BCUT2D eigenvalue weighted by molar-refractivity contribution is -0.121. The first kappa shape index (κ1) is 13.3. The summed E-state index contributed by atoms with van der Waals surface area (Å²) < 4.78 is 1.51. The van der Waals surface area contributed by atoms with E-state index in [4.69, 9.17) is 5.73 Å². The summed E-state index contributed by atoms with van der Waals surface area (Å²) in [5.74, 6) is 0.423. The van der Waals surface area contributed by atoms with E-state index in [1.54, 1.807) is 0 Å². The Hall–Kier alpha value is -1.14. The van der Waals surface area contributed by atoms with Crippen LogP contribution in [-0.2, 0) is 11.3 Å². The van der Waals surface area contributed by atoms with Crippen molar-refractivity contribution in [3.05, 3.63) is 20.2 Å². The van der Waals surface area contributed by atoms with E-state index in [9.17, 15) is 9.59 Å². The Morgan fingerprint density at radius 3 is 2.72 bits per heavy atom. The quantitative estimate of drug-likeness (QED) is 0.811. The largest absolute Gasteiger partial charge is 0.353 e. The number of nitrogens with zero attached hydrogens (tertiary/aromatic N) is 1. The molecule has 1 aliphatic rings. The van der Waals surface area contributed by atoms with E-state index in [1.807, 2.05) is 13.8 Å². The summed E-state index contributed by atoms with van der Waals surface area (Å²) in [7, 11) is 0. The van der Waals surface area contributed by atoms with Crippen LogP contribution in [0.3, 0.4) is 0 Å². The first-order chi connectivity index (χ1) is 8.49. The van der Waals surface area contributed by atoms with E-state index in [-0.39, 0.29) is 23.4 Å². The van der Waals surface area contributed by atoms with Gasteiger partial charge in [-0.1, -0.05) is 11.3 Å². The maximum atomic E-state index is 11.8. The third-order valence-electron chi connectivity index (χ3n) is 3.44. The van der Waals surface area contributed by atoms with Crippen molar-refractivity contribution in [2.24, 2.45) is 11.7 Å². The summed E-state index contributed by atoms with van der Waals surface area (Å²) in [6.45, 7) is 4.34. The van der Waals surface area contributed by atoms with E-state index in [0.717, 1.165) is 10.6 Å². The Kier molecular flexibility index (Phi) is 3.87. The number of aryl methyl sites for hydroxylation is 1. The van der Waals surface area contributed by atoms with Crippen LogP contribution in [0, 0.1) is 19.8 Å². The molecule has 0 aliphatic heterocycles. The smallest absolute Gasteiger partial charge is 0.308 e. The summed E-state index contributed by atoms with van der Waals surface area (Å²) in [5.41, 5.74) is 6.77. The van der Waals surface area contributed by atoms with Gasteiger partial charge in [0.15, 0.2) is 0 Å². The Morgan fingerprint density at radius 2 is 2.22 bits per heavy atom. The molecule has 18 heavy (non-hydrogen) atoms. The van der Waals surface area contributed by atoms with Gasteiger partial charge in [0.25, 0.3) is 0 Å². The van der Waals surface area contributed by atoms with E-state index >= 15 is 0 Å². The molecule has 1 saturated carbocycles. The summed E-state index contributed by atoms with van der Waals surface area (Å²) in [6.07, 6.45) is 2.33. The van der Waals surface area contributed by atoms with Gasteiger partial charge in [-0.2, -0.15) is 0 Å². The average Bonchev–Trinajstić information content (AvgIpc) is 3.12. The summed E-state index contributed by atoms with van der Waals surface area (Å²) in [4.78, 5) is 24.3. The molecule has 1 amide bonds. The summed E-state index contributed by atoms with van der Waals surface area (Å²) >= 11 is 1.18. The highest BCUT2D eigenvalue weighted by molar-refractivity contribution is 7.09. The molecule has 1 aromatic heterocycles. The molecule has 6 heteroatoms. The molecule has 0 spiro atoms. The first-order valence-electron chi connectivity index (χ1n) is 6.18. The van der Waals surface area contributed by atoms with Crippen LogP contribution < -0.4 is 15.9 Å². The maximum Gasteiger partial charge on any atom is 0.308 e. The van der Waals surface area contributed by atoms with Gasteiger partial charge in [-0.15, -0.1) is 0 Å². The molecule has 0 radical (unpaired) electrons. The fourth-order valence-corrected chi connectivity index (χ4v) is 2.72. The number of nitrogens with one attached hydrogen (secondary N) is 1. The molecule has 0 bridgehead atoms. The minimum absolute atomic E-state index is 0.0518. The van der Waals surface area contributed by atoms with Crippen LogP contribution in [-0.4, -0.2) is 23.1 Å². The van der Waals surface area contributed by atoms with Gasteiger partial charge in [0.2, 0.25) is 5.91 Å². The van der Waals surface area contributed by atoms with Gasteiger partial charge in [-0.05, 0) is 32.6 Å². The first-order valence-corrected chi connectivity index (χ1v) is 6.99. The number of hydrogen-bond acceptors (Lipinski definition) is 4. The lowest BCUT2D eigenvalue weighted by Crippen LogP contribution is -2.40. The monoisotopic (exact) mass is 269 g/mol. The molecule has 1 fully saturated rings. The highest BCUT2D eigenvalue weighted by atomic mass is 32.1. The molecule has 1 unspecified atom stereocenters. The van der Waals surface area contributed by atoms with Crippen molar-refractivity contribution < 1.29 is 4.79 Å². The van der Waals surface area contributed by atoms with Crippen molar-refractivity contribution in [2.75, 3.05) is 6.54 Å². The van der Waals surface area contributed by atoms with Crippen LogP contribution in [0.1, 0.15) is 23.4 Å². The number of carbonyl (C=O) groups is 1. The summed E-state index contributed by atoms with van der Waals surface area (Å²) in [6, 6.07) is 0.0518. The standard InChI is InChI=1S/C12H19N3O2S/c1-7-8(2)18-12(17)15(7)6-11(16)14-5-10(13)9-3-4-9/h9-10H,3-6,13H2,1-2H3,(H,14,16). The van der Waals surface area contributed by atoms with Crippen LogP contribution in [0.5, 0.6) is 0 Å². The molecule has 3 N–H and O–H groups in total. The normalized spacial score (nSPS) is 16.6. The molecule has 1 atom stereocenters. The average molecular weight is 269 g/mol. The lowest BCUT2D eigenvalue weighted by atomic mass is 10.2. The van der Waals surface area contributed by atoms with Crippen molar-refractivity contribution >= 4 is 17.2 Å². The Balaban J connectivity index is 1.88.